The van der Waals surface area contributed by atoms with Gasteiger partial charge >= 0.3 is 0 Å². The highest BCUT2D eigenvalue weighted by Gasteiger charge is 2.26. The minimum Gasteiger partial charge on any atom is -0.486 e. The van der Waals surface area contributed by atoms with Crippen LogP contribution in [0.5, 0.6) is 11.5 Å². The van der Waals surface area contributed by atoms with Gasteiger partial charge < -0.3 is 9.47 Å². The molecule has 0 saturated heterocycles. The second-order valence-corrected chi connectivity index (χ2v) is 7.41. The van der Waals surface area contributed by atoms with E-state index in [9.17, 15) is 8.42 Å². The molecule has 1 aliphatic heterocycles. The van der Waals surface area contributed by atoms with Crippen LogP contribution in [0.1, 0.15) is 0 Å². The van der Waals surface area contributed by atoms with E-state index in [0.717, 1.165) is 0 Å². The molecule has 0 saturated carbocycles. The number of benzene rings is 2. The summed E-state index contributed by atoms with van der Waals surface area (Å²) in [6, 6.07) is 11.3. The normalized spacial score (nSPS) is 13.4. The van der Waals surface area contributed by atoms with Gasteiger partial charge in [-0.15, -0.1) is 6.58 Å². The van der Waals surface area contributed by atoms with Crippen LogP contribution in [0.15, 0.2) is 60.0 Å². The Morgan fingerprint density at radius 1 is 1.12 bits per heavy atom. The van der Waals surface area contributed by atoms with Gasteiger partial charge in [0.15, 0.2) is 11.5 Å². The van der Waals surface area contributed by atoms with Gasteiger partial charge in [-0.2, -0.15) is 0 Å². The predicted molar refractivity (Wildman–Crippen MR) is 93.6 cm³/mol. The van der Waals surface area contributed by atoms with Crippen LogP contribution >= 0.6 is 11.6 Å². The van der Waals surface area contributed by atoms with Gasteiger partial charge in [-0.1, -0.05) is 23.7 Å². The average Bonchev–Trinajstić information content (AvgIpc) is 2.59. The zero-order chi connectivity index (χ0) is 17.2. The first kappa shape index (κ1) is 16.7. The Kier molecular flexibility index (Phi) is 4.69. The molecule has 0 fully saturated rings. The van der Waals surface area contributed by atoms with Crippen LogP contribution in [-0.2, 0) is 10.0 Å². The fraction of sp³-hybridized carbons (Fsp3) is 0.176. The number of rotatable bonds is 5. The Morgan fingerprint density at radius 2 is 1.88 bits per heavy atom. The summed E-state index contributed by atoms with van der Waals surface area (Å²) in [5, 5.41) is 0.457. The third-order valence-electron chi connectivity index (χ3n) is 3.49. The summed E-state index contributed by atoms with van der Waals surface area (Å²) >= 11 is 6.00. The average molecular weight is 366 g/mol. The van der Waals surface area contributed by atoms with Gasteiger partial charge in [-0.05, 0) is 30.3 Å². The summed E-state index contributed by atoms with van der Waals surface area (Å²) in [5.41, 5.74) is 0.470. The highest BCUT2D eigenvalue weighted by atomic mass is 35.5. The quantitative estimate of drug-likeness (QED) is 0.761. The van der Waals surface area contributed by atoms with Crippen LogP contribution in [0, 0.1) is 0 Å². The largest absolute Gasteiger partial charge is 0.486 e. The second kappa shape index (κ2) is 6.75. The van der Waals surface area contributed by atoms with Crippen LogP contribution in [0.3, 0.4) is 0 Å². The van der Waals surface area contributed by atoms with Crippen molar-refractivity contribution in [3.63, 3.8) is 0 Å². The first-order valence-electron chi connectivity index (χ1n) is 7.31. The molecule has 1 heterocycles. The first-order valence-corrected chi connectivity index (χ1v) is 9.13. The minimum atomic E-state index is -3.80. The van der Waals surface area contributed by atoms with E-state index >= 15 is 0 Å². The summed E-state index contributed by atoms with van der Waals surface area (Å²) in [7, 11) is -3.80. The van der Waals surface area contributed by atoms with E-state index < -0.39 is 10.0 Å². The molecule has 2 aromatic rings. The maximum Gasteiger partial charge on any atom is 0.264 e. The molecule has 3 rings (SSSR count). The van der Waals surface area contributed by atoms with E-state index in [2.05, 4.69) is 6.58 Å². The van der Waals surface area contributed by atoms with Crippen molar-refractivity contribution in [3.8, 4) is 11.5 Å². The number of nitrogens with zero attached hydrogens (tertiary/aromatic N) is 1. The lowest BCUT2D eigenvalue weighted by molar-refractivity contribution is 0.171. The maximum atomic E-state index is 13.1. The molecule has 5 nitrogen and oxygen atoms in total. The van der Waals surface area contributed by atoms with E-state index in [1.165, 1.54) is 22.5 Å². The van der Waals surface area contributed by atoms with Gasteiger partial charge in [-0.3, -0.25) is 4.31 Å². The Labute approximate surface area is 146 Å². The highest BCUT2D eigenvalue weighted by molar-refractivity contribution is 7.92. The Hall–Kier alpha value is -2.18. The highest BCUT2D eigenvalue weighted by Crippen LogP contribution is 2.34. The monoisotopic (exact) mass is 365 g/mol. The Balaban J connectivity index is 2.04. The number of hydrogen-bond acceptors (Lipinski definition) is 4. The van der Waals surface area contributed by atoms with Gasteiger partial charge in [0.05, 0.1) is 17.1 Å². The van der Waals surface area contributed by atoms with Crippen LogP contribution in [0.4, 0.5) is 5.69 Å². The van der Waals surface area contributed by atoms with E-state index in [-0.39, 0.29) is 11.4 Å². The van der Waals surface area contributed by atoms with Crippen molar-refractivity contribution in [2.45, 2.75) is 4.90 Å². The van der Waals surface area contributed by atoms with Crippen molar-refractivity contribution in [2.75, 3.05) is 24.1 Å². The molecule has 0 radical (unpaired) electrons. The number of ether oxygens (including phenoxy) is 2. The molecule has 0 bridgehead atoms. The van der Waals surface area contributed by atoms with Gasteiger partial charge in [0, 0.05) is 11.1 Å². The molecule has 0 atom stereocenters. The van der Waals surface area contributed by atoms with E-state index in [1.54, 1.807) is 30.3 Å². The topological polar surface area (TPSA) is 55.8 Å². The molecule has 1 aliphatic rings. The minimum absolute atomic E-state index is 0.119. The fourth-order valence-corrected chi connectivity index (χ4v) is 4.03. The standard InChI is InChI=1S/C17H16ClNO4S/c1-2-8-19(14-5-3-4-13(18)11-14)24(20,21)15-6-7-16-17(12-15)23-10-9-22-16/h2-7,11-12H,1,8-10H2. The molecule has 24 heavy (non-hydrogen) atoms. The van der Waals surface area contributed by atoms with Gasteiger partial charge in [0.25, 0.3) is 10.0 Å². The summed E-state index contributed by atoms with van der Waals surface area (Å²) in [6.45, 7) is 4.60. The zero-order valence-corrected chi connectivity index (χ0v) is 14.4. The van der Waals surface area contributed by atoms with E-state index in [0.29, 0.717) is 35.4 Å². The summed E-state index contributed by atoms with van der Waals surface area (Å²) in [5.74, 6) is 0.963. The lowest BCUT2D eigenvalue weighted by atomic mass is 10.3. The number of halogens is 1. The third-order valence-corrected chi connectivity index (χ3v) is 5.52. The van der Waals surface area contributed by atoms with Crippen LogP contribution in [0.2, 0.25) is 5.02 Å². The van der Waals surface area contributed by atoms with Gasteiger partial charge in [0.1, 0.15) is 13.2 Å². The first-order chi connectivity index (χ1) is 11.5. The van der Waals surface area contributed by atoms with Gasteiger partial charge in [-0.25, -0.2) is 8.42 Å². The summed E-state index contributed by atoms with van der Waals surface area (Å²) < 4.78 is 38.3. The fourth-order valence-electron chi connectivity index (χ4n) is 2.40. The lowest BCUT2D eigenvalue weighted by Crippen LogP contribution is -2.31. The van der Waals surface area contributed by atoms with Crippen LogP contribution in [-0.4, -0.2) is 28.2 Å². The van der Waals surface area contributed by atoms with Crippen molar-refractivity contribution < 1.29 is 17.9 Å². The zero-order valence-electron chi connectivity index (χ0n) is 12.8. The lowest BCUT2D eigenvalue weighted by Gasteiger charge is -2.24. The number of fused-ring (bicyclic) bond motifs is 1. The van der Waals surface area contributed by atoms with Crippen LogP contribution in [0.25, 0.3) is 0 Å². The van der Waals surface area contributed by atoms with Crippen molar-refractivity contribution in [2.24, 2.45) is 0 Å². The molecular weight excluding hydrogens is 350 g/mol. The maximum absolute atomic E-state index is 13.1. The molecule has 0 amide bonds. The van der Waals surface area contributed by atoms with Crippen molar-refractivity contribution in [3.05, 3.63) is 60.1 Å². The summed E-state index contributed by atoms with van der Waals surface area (Å²) in [6.07, 6.45) is 1.52. The molecule has 0 N–H and O–H groups in total. The van der Waals surface area contributed by atoms with Crippen molar-refractivity contribution in [1.29, 1.82) is 0 Å². The molecule has 2 aromatic carbocycles. The van der Waals surface area contributed by atoms with Crippen LogP contribution < -0.4 is 13.8 Å². The van der Waals surface area contributed by atoms with Crippen molar-refractivity contribution >= 4 is 27.3 Å². The second-order valence-electron chi connectivity index (χ2n) is 5.11. The number of anilines is 1. The van der Waals surface area contributed by atoms with Crippen molar-refractivity contribution in [1.82, 2.24) is 0 Å². The van der Waals surface area contributed by atoms with Gasteiger partial charge in [0.2, 0.25) is 0 Å². The molecule has 0 aliphatic carbocycles. The molecular formula is C17H16ClNO4S. The molecule has 0 unspecified atom stereocenters. The number of sulfonamides is 1. The predicted octanol–water partition coefficient (Wildman–Crippen LogP) is 3.49. The smallest absolute Gasteiger partial charge is 0.264 e. The summed E-state index contributed by atoms with van der Waals surface area (Å²) in [4.78, 5) is 0.119. The van der Waals surface area contributed by atoms with E-state index in [1.807, 2.05) is 0 Å². The SMILES string of the molecule is C=CCN(c1cccc(Cl)c1)S(=O)(=O)c1ccc2c(c1)OCCO2. The molecule has 0 spiro atoms. The molecule has 7 heteroatoms. The van der Waals surface area contributed by atoms with E-state index in [4.69, 9.17) is 21.1 Å². The third kappa shape index (κ3) is 3.20. The molecule has 126 valence electrons. The number of hydrogen-bond donors (Lipinski definition) is 0. The Bertz CT molecular complexity index is 867. The Morgan fingerprint density at radius 3 is 2.58 bits per heavy atom. The molecule has 0 aromatic heterocycles.